The maximum Gasteiger partial charge on any atom is 0.407 e. The lowest BCUT2D eigenvalue weighted by atomic mass is 10.0. The molecule has 1 aromatic rings. The molecule has 0 aromatic heterocycles. The molecule has 3 N–H and O–H groups in total. The van der Waals surface area contributed by atoms with E-state index in [2.05, 4.69) is 5.32 Å². The van der Waals surface area contributed by atoms with Crippen LogP contribution in [0.15, 0.2) is 24.3 Å². The average Bonchev–Trinajstić information content (AvgIpc) is 2.34. The van der Waals surface area contributed by atoms with Crippen molar-refractivity contribution in [3.8, 4) is 0 Å². The summed E-state index contributed by atoms with van der Waals surface area (Å²) in [5, 5.41) is 2.47. The van der Waals surface area contributed by atoms with Gasteiger partial charge in [0.1, 0.15) is 5.60 Å². The number of halogens is 3. The number of hydrogen-bond donors (Lipinski definition) is 2. The zero-order valence-corrected chi connectivity index (χ0v) is 12.0. The molecule has 1 amide bonds. The van der Waals surface area contributed by atoms with Gasteiger partial charge in [-0.3, -0.25) is 0 Å². The molecule has 1 rings (SSSR count). The van der Waals surface area contributed by atoms with E-state index in [1.54, 1.807) is 24.3 Å². The molecule has 0 bridgehead atoms. The number of carbonyl (C=O) groups excluding carboxylic acids is 1. The van der Waals surface area contributed by atoms with Crippen LogP contribution in [0.25, 0.3) is 0 Å². The van der Waals surface area contributed by atoms with E-state index >= 15 is 0 Å². The van der Waals surface area contributed by atoms with Crippen molar-refractivity contribution in [1.82, 2.24) is 5.32 Å². The van der Waals surface area contributed by atoms with Crippen molar-refractivity contribution in [2.24, 2.45) is 0 Å². The summed E-state index contributed by atoms with van der Waals surface area (Å²) in [5.74, 6) is 0. The van der Waals surface area contributed by atoms with Crippen LogP contribution in [0.3, 0.4) is 0 Å². The Kier molecular flexibility index (Phi) is 5.46. The van der Waals surface area contributed by atoms with E-state index < -0.39 is 24.3 Å². The number of rotatable bonds is 5. The molecule has 0 radical (unpaired) electrons. The van der Waals surface area contributed by atoms with Crippen LogP contribution < -0.4 is 11.1 Å². The van der Waals surface area contributed by atoms with Gasteiger partial charge in [-0.2, -0.15) is 13.2 Å². The zero-order valence-electron chi connectivity index (χ0n) is 12.0. The Hall–Kier alpha value is -1.92. The van der Waals surface area contributed by atoms with Gasteiger partial charge >= 0.3 is 12.3 Å². The van der Waals surface area contributed by atoms with Crippen molar-refractivity contribution in [3.05, 3.63) is 29.8 Å². The molecule has 1 aromatic carbocycles. The van der Waals surface area contributed by atoms with Gasteiger partial charge < -0.3 is 15.8 Å². The minimum atomic E-state index is -4.27. The lowest BCUT2D eigenvalue weighted by molar-refractivity contribution is -0.144. The average molecular weight is 304 g/mol. The number of alkyl halides is 3. The van der Waals surface area contributed by atoms with Crippen LogP contribution in [0.4, 0.5) is 23.7 Å². The molecule has 0 spiro atoms. The lowest BCUT2D eigenvalue weighted by Gasteiger charge is -2.25. The van der Waals surface area contributed by atoms with Gasteiger partial charge in [-0.25, -0.2) is 4.79 Å². The van der Waals surface area contributed by atoms with E-state index in [0.29, 0.717) is 11.3 Å². The van der Waals surface area contributed by atoms with Gasteiger partial charge in [-0.15, -0.1) is 0 Å². The Balaban J connectivity index is 2.44. The first-order valence-corrected chi connectivity index (χ1v) is 6.46. The van der Waals surface area contributed by atoms with Gasteiger partial charge in [0.25, 0.3) is 0 Å². The molecule has 0 aliphatic carbocycles. The number of carbonyl (C=O) groups is 1. The Bertz CT molecular complexity index is 487. The number of benzene rings is 1. The first-order valence-electron chi connectivity index (χ1n) is 6.46. The third kappa shape index (κ3) is 6.87. The molecular formula is C14H19F3N2O2. The van der Waals surface area contributed by atoms with Gasteiger partial charge in [0, 0.05) is 18.7 Å². The normalized spacial score (nSPS) is 12.0. The molecule has 0 heterocycles. The Morgan fingerprint density at radius 2 is 1.86 bits per heavy atom. The third-order valence-electron chi connectivity index (χ3n) is 2.86. The van der Waals surface area contributed by atoms with Crippen LogP contribution in [-0.4, -0.2) is 17.9 Å². The summed E-state index contributed by atoms with van der Waals surface area (Å²) in [4.78, 5) is 11.6. The fraction of sp³-hybridized carbons (Fsp3) is 0.500. The van der Waals surface area contributed by atoms with E-state index in [0.717, 1.165) is 0 Å². The smallest absolute Gasteiger partial charge is 0.407 e. The highest BCUT2D eigenvalue weighted by atomic mass is 19.4. The molecular weight excluding hydrogens is 285 g/mol. The number of amides is 1. The summed E-state index contributed by atoms with van der Waals surface area (Å²) in [6.07, 6.45) is -6.34. The van der Waals surface area contributed by atoms with Crippen LogP contribution in [0.5, 0.6) is 0 Å². The fourth-order valence-electron chi connectivity index (χ4n) is 1.64. The number of nitrogen functional groups attached to an aromatic ring is 1. The summed E-state index contributed by atoms with van der Waals surface area (Å²) in [6.45, 7) is 3.03. The summed E-state index contributed by atoms with van der Waals surface area (Å²) < 4.78 is 41.5. The van der Waals surface area contributed by atoms with Crippen molar-refractivity contribution in [3.63, 3.8) is 0 Å². The van der Waals surface area contributed by atoms with Crippen LogP contribution in [-0.2, 0) is 11.3 Å². The Morgan fingerprint density at radius 1 is 1.24 bits per heavy atom. The quantitative estimate of drug-likeness (QED) is 0.817. The number of hydrogen-bond acceptors (Lipinski definition) is 3. The number of ether oxygens (including phenoxy) is 1. The zero-order chi connectivity index (χ0) is 16.1. The molecule has 7 heteroatoms. The monoisotopic (exact) mass is 304 g/mol. The molecule has 0 unspecified atom stereocenters. The maximum absolute atomic E-state index is 12.2. The van der Waals surface area contributed by atoms with Crippen molar-refractivity contribution >= 4 is 11.8 Å². The van der Waals surface area contributed by atoms with Crippen LogP contribution in [0, 0.1) is 0 Å². The fourth-order valence-corrected chi connectivity index (χ4v) is 1.64. The van der Waals surface area contributed by atoms with Crippen molar-refractivity contribution < 1.29 is 22.7 Å². The predicted molar refractivity (Wildman–Crippen MR) is 73.5 cm³/mol. The highest BCUT2D eigenvalue weighted by Crippen LogP contribution is 2.27. The molecule has 0 fully saturated rings. The summed E-state index contributed by atoms with van der Waals surface area (Å²) >= 11 is 0. The highest BCUT2D eigenvalue weighted by Gasteiger charge is 2.32. The van der Waals surface area contributed by atoms with E-state index in [-0.39, 0.29) is 13.0 Å². The minimum absolute atomic E-state index is 0.154. The lowest BCUT2D eigenvalue weighted by Crippen LogP contribution is -2.35. The molecule has 0 saturated carbocycles. The summed E-state index contributed by atoms with van der Waals surface area (Å²) in [5.41, 5.74) is 5.75. The van der Waals surface area contributed by atoms with Gasteiger partial charge in [0.2, 0.25) is 0 Å². The molecule has 118 valence electrons. The maximum atomic E-state index is 12.2. The number of para-hydroxylation sites is 1. The first-order chi connectivity index (χ1) is 9.59. The van der Waals surface area contributed by atoms with Gasteiger partial charge in [-0.05, 0) is 31.9 Å². The van der Waals surface area contributed by atoms with Crippen molar-refractivity contribution in [2.45, 2.75) is 45.0 Å². The summed E-state index contributed by atoms with van der Waals surface area (Å²) in [7, 11) is 0. The van der Waals surface area contributed by atoms with Crippen molar-refractivity contribution in [2.75, 3.05) is 5.73 Å². The van der Waals surface area contributed by atoms with E-state index in [1.807, 2.05) is 0 Å². The highest BCUT2D eigenvalue weighted by molar-refractivity contribution is 5.68. The molecule has 0 atom stereocenters. The Morgan fingerprint density at radius 3 is 2.43 bits per heavy atom. The standard InChI is InChI=1S/C14H19F3N2O2/c1-13(2,7-8-14(15,16)17)21-12(20)19-9-10-5-3-4-6-11(10)18/h3-6H,7-9,18H2,1-2H3,(H,19,20). The molecule has 0 aliphatic heterocycles. The second-order valence-electron chi connectivity index (χ2n) is 5.32. The number of anilines is 1. The molecule has 4 nitrogen and oxygen atoms in total. The third-order valence-corrected chi connectivity index (χ3v) is 2.86. The van der Waals surface area contributed by atoms with Gasteiger partial charge in [-0.1, -0.05) is 18.2 Å². The molecule has 0 saturated heterocycles. The number of nitrogens with two attached hydrogens (primary N) is 1. The Labute approximate surface area is 121 Å². The molecule has 0 aliphatic rings. The van der Waals surface area contributed by atoms with Crippen LogP contribution >= 0.6 is 0 Å². The summed E-state index contributed by atoms with van der Waals surface area (Å²) in [6, 6.07) is 6.96. The number of alkyl carbamates (subject to hydrolysis) is 1. The number of nitrogens with one attached hydrogen (secondary N) is 1. The van der Waals surface area contributed by atoms with Crippen LogP contribution in [0.1, 0.15) is 32.3 Å². The van der Waals surface area contributed by atoms with Gasteiger partial charge in [0.05, 0.1) is 0 Å². The molecule has 21 heavy (non-hydrogen) atoms. The minimum Gasteiger partial charge on any atom is -0.444 e. The van der Waals surface area contributed by atoms with Crippen molar-refractivity contribution in [1.29, 1.82) is 0 Å². The largest absolute Gasteiger partial charge is 0.444 e. The topological polar surface area (TPSA) is 64.3 Å². The van der Waals surface area contributed by atoms with E-state index in [1.165, 1.54) is 13.8 Å². The first kappa shape index (κ1) is 17.1. The van der Waals surface area contributed by atoms with Gasteiger partial charge in [0.15, 0.2) is 0 Å². The SMILES string of the molecule is CC(C)(CCC(F)(F)F)OC(=O)NCc1ccccc1N. The predicted octanol–water partition coefficient (Wildman–Crippen LogP) is 3.62. The van der Waals surface area contributed by atoms with Crippen LogP contribution in [0.2, 0.25) is 0 Å². The second kappa shape index (κ2) is 6.69. The van der Waals surface area contributed by atoms with E-state index in [9.17, 15) is 18.0 Å². The second-order valence-corrected chi connectivity index (χ2v) is 5.32. The van der Waals surface area contributed by atoms with E-state index in [4.69, 9.17) is 10.5 Å².